The third-order valence-corrected chi connectivity index (χ3v) is 4.05. The van der Waals surface area contributed by atoms with E-state index in [1.807, 2.05) is 0 Å². The molecule has 0 amide bonds. The maximum absolute atomic E-state index is 13.4. The maximum atomic E-state index is 13.4. The molecule has 1 unspecified atom stereocenters. The fraction of sp³-hybridized carbons (Fsp3) is 0.200. The quantitative estimate of drug-likeness (QED) is 0.869. The number of halogens is 3. The minimum absolute atomic E-state index is 0.0547. The third-order valence-electron chi connectivity index (χ3n) is 3.01. The molecule has 0 bridgehead atoms. The first-order valence-electron chi connectivity index (χ1n) is 5.97. The van der Waals surface area contributed by atoms with Crippen LogP contribution in [0.1, 0.15) is 17.2 Å². The first-order valence-corrected chi connectivity index (χ1v) is 7.14. The SMILES string of the molecule is COc1ccc(C(O)Cc2cccc(F)c2Cl)cc1Br. The highest BCUT2D eigenvalue weighted by molar-refractivity contribution is 9.10. The Bertz CT molecular complexity index is 619. The van der Waals surface area contributed by atoms with Crippen LogP contribution in [0.5, 0.6) is 5.75 Å². The average Bonchev–Trinajstić information content (AvgIpc) is 2.43. The van der Waals surface area contributed by atoms with Crippen molar-refractivity contribution >= 4 is 27.5 Å². The molecule has 0 aliphatic heterocycles. The molecule has 0 saturated heterocycles. The van der Waals surface area contributed by atoms with E-state index in [0.29, 0.717) is 16.9 Å². The molecule has 0 aliphatic carbocycles. The molecule has 0 radical (unpaired) electrons. The van der Waals surface area contributed by atoms with Crippen molar-refractivity contribution in [2.45, 2.75) is 12.5 Å². The Kier molecular flexibility index (Phi) is 5.02. The number of ether oxygens (including phenoxy) is 1. The molecule has 0 spiro atoms. The van der Waals surface area contributed by atoms with Crippen molar-refractivity contribution < 1.29 is 14.2 Å². The highest BCUT2D eigenvalue weighted by atomic mass is 79.9. The smallest absolute Gasteiger partial charge is 0.142 e. The monoisotopic (exact) mass is 358 g/mol. The zero-order valence-corrected chi connectivity index (χ0v) is 13.1. The Morgan fingerprint density at radius 2 is 2.10 bits per heavy atom. The molecule has 0 aliphatic rings. The Labute approximate surface area is 130 Å². The van der Waals surface area contributed by atoms with Gasteiger partial charge in [-0.2, -0.15) is 0 Å². The summed E-state index contributed by atoms with van der Waals surface area (Å²) in [5.74, 6) is 0.206. The summed E-state index contributed by atoms with van der Waals surface area (Å²) < 4.78 is 19.2. The zero-order valence-electron chi connectivity index (χ0n) is 10.7. The van der Waals surface area contributed by atoms with Gasteiger partial charge in [-0.25, -0.2) is 4.39 Å². The van der Waals surface area contributed by atoms with E-state index < -0.39 is 11.9 Å². The van der Waals surface area contributed by atoms with E-state index in [4.69, 9.17) is 16.3 Å². The van der Waals surface area contributed by atoms with Crippen molar-refractivity contribution in [1.29, 1.82) is 0 Å². The standard InChI is InChI=1S/C15H13BrClFO2/c1-20-14-6-5-9(7-11(14)16)13(19)8-10-3-2-4-12(18)15(10)17/h2-7,13,19H,8H2,1H3. The molecule has 2 rings (SSSR count). The summed E-state index contributed by atoms with van der Waals surface area (Å²) in [4.78, 5) is 0. The highest BCUT2D eigenvalue weighted by Gasteiger charge is 2.14. The molecule has 0 saturated carbocycles. The van der Waals surface area contributed by atoms with Gasteiger partial charge in [0.25, 0.3) is 0 Å². The van der Waals surface area contributed by atoms with Gasteiger partial charge in [-0.05, 0) is 45.3 Å². The lowest BCUT2D eigenvalue weighted by molar-refractivity contribution is 0.178. The fourth-order valence-corrected chi connectivity index (χ4v) is 2.68. The van der Waals surface area contributed by atoms with Crippen LogP contribution in [0.4, 0.5) is 4.39 Å². The van der Waals surface area contributed by atoms with Gasteiger partial charge in [0, 0.05) is 6.42 Å². The Morgan fingerprint density at radius 3 is 2.75 bits per heavy atom. The summed E-state index contributed by atoms with van der Waals surface area (Å²) in [5, 5.41) is 10.3. The highest BCUT2D eigenvalue weighted by Crippen LogP contribution is 2.30. The summed E-state index contributed by atoms with van der Waals surface area (Å²) >= 11 is 9.25. The van der Waals surface area contributed by atoms with Crippen molar-refractivity contribution in [2.75, 3.05) is 7.11 Å². The fourth-order valence-electron chi connectivity index (χ4n) is 1.92. The predicted octanol–water partition coefficient (Wildman–Crippen LogP) is 4.53. The van der Waals surface area contributed by atoms with E-state index in [1.165, 1.54) is 6.07 Å². The summed E-state index contributed by atoms with van der Waals surface area (Å²) in [6, 6.07) is 9.87. The van der Waals surface area contributed by atoms with E-state index in [0.717, 1.165) is 4.47 Å². The van der Waals surface area contributed by atoms with Gasteiger partial charge in [0.1, 0.15) is 11.6 Å². The van der Waals surface area contributed by atoms with Gasteiger partial charge in [-0.3, -0.25) is 0 Å². The topological polar surface area (TPSA) is 29.5 Å². The molecule has 0 fully saturated rings. The van der Waals surface area contributed by atoms with Crippen molar-refractivity contribution in [3.63, 3.8) is 0 Å². The molecular formula is C15H13BrClFO2. The van der Waals surface area contributed by atoms with Crippen LogP contribution < -0.4 is 4.74 Å². The number of benzene rings is 2. The van der Waals surface area contributed by atoms with E-state index in [9.17, 15) is 9.50 Å². The van der Waals surface area contributed by atoms with Gasteiger partial charge in [0.2, 0.25) is 0 Å². The molecule has 20 heavy (non-hydrogen) atoms. The van der Waals surface area contributed by atoms with Crippen LogP contribution in [0.3, 0.4) is 0 Å². The minimum atomic E-state index is -0.767. The second kappa shape index (κ2) is 6.57. The van der Waals surface area contributed by atoms with E-state index in [2.05, 4.69) is 15.9 Å². The van der Waals surface area contributed by atoms with Crippen LogP contribution in [0.2, 0.25) is 5.02 Å². The normalized spacial score (nSPS) is 12.2. The molecule has 1 atom stereocenters. The van der Waals surface area contributed by atoms with Gasteiger partial charge in [-0.1, -0.05) is 29.8 Å². The van der Waals surface area contributed by atoms with Crippen LogP contribution in [-0.4, -0.2) is 12.2 Å². The first-order chi connectivity index (χ1) is 9.52. The van der Waals surface area contributed by atoms with E-state index in [-0.39, 0.29) is 11.4 Å². The largest absolute Gasteiger partial charge is 0.496 e. The lowest BCUT2D eigenvalue weighted by atomic mass is 10.0. The molecular weight excluding hydrogens is 347 g/mol. The van der Waals surface area contributed by atoms with Crippen molar-refractivity contribution in [1.82, 2.24) is 0 Å². The minimum Gasteiger partial charge on any atom is -0.496 e. The second-order valence-electron chi connectivity index (χ2n) is 4.33. The Balaban J connectivity index is 2.21. The Morgan fingerprint density at radius 1 is 1.35 bits per heavy atom. The van der Waals surface area contributed by atoms with E-state index >= 15 is 0 Å². The van der Waals surface area contributed by atoms with Gasteiger partial charge >= 0.3 is 0 Å². The van der Waals surface area contributed by atoms with Crippen LogP contribution in [-0.2, 0) is 6.42 Å². The predicted molar refractivity (Wildman–Crippen MR) is 80.8 cm³/mol. The number of hydrogen-bond donors (Lipinski definition) is 1. The molecule has 2 aromatic carbocycles. The van der Waals surface area contributed by atoms with Gasteiger partial charge in [0.05, 0.1) is 22.7 Å². The number of rotatable bonds is 4. The molecule has 2 aromatic rings. The molecule has 2 nitrogen and oxygen atoms in total. The molecule has 5 heteroatoms. The van der Waals surface area contributed by atoms with Crippen molar-refractivity contribution in [3.8, 4) is 5.75 Å². The number of hydrogen-bond acceptors (Lipinski definition) is 2. The van der Waals surface area contributed by atoms with Gasteiger partial charge < -0.3 is 9.84 Å². The van der Waals surface area contributed by atoms with Gasteiger partial charge in [-0.15, -0.1) is 0 Å². The summed E-state index contributed by atoms with van der Waals surface area (Å²) in [7, 11) is 1.57. The second-order valence-corrected chi connectivity index (χ2v) is 5.56. The third kappa shape index (κ3) is 3.32. The lowest BCUT2D eigenvalue weighted by Gasteiger charge is -2.14. The molecule has 0 aromatic heterocycles. The average molecular weight is 360 g/mol. The lowest BCUT2D eigenvalue weighted by Crippen LogP contribution is -2.03. The summed E-state index contributed by atoms with van der Waals surface area (Å²) in [5.41, 5.74) is 1.28. The van der Waals surface area contributed by atoms with E-state index in [1.54, 1.807) is 37.4 Å². The first kappa shape index (κ1) is 15.3. The molecule has 1 N–H and O–H groups in total. The Hall–Kier alpha value is -1.10. The van der Waals surface area contributed by atoms with Crippen LogP contribution in [0, 0.1) is 5.82 Å². The summed E-state index contributed by atoms with van der Waals surface area (Å²) in [6.45, 7) is 0. The van der Waals surface area contributed by atoms with Crippen LogP contribution >= 0.6 is 27.5 Å². The van der Waals surface area contributed by atoms with Crippen molar-refractivity contribution in [2.24, 2.45) is 0 Å². The van der Waals surface area contributed by atoms with Crippen molar-refractivity contribution in [3.05, 3.63) is 62.8 Å². The maximum Gasteiger partial charge on any atom is 0.142 e. The zero-order chi connectivity index (χ0) is 14.7. The number of methoxy groups -OCH3 is 1. The summed E-state index contributed by atoms with van der Waals surface area (Å²) in [6.07, 6.45) is -0.522. The number of aliphatic hydroxyl groups is 1. The van der Waals surface area contributed by atoms with Gasteiger partial charge in [0.15, 0.2) is 0 Å². The van der Waals surface area contributed by atoms with Crippen LogP contribution in [0.25, 0.3) is 0 Å². The number of aliphatic hydroxyl groups excluding tert-OH is 1. The molecule has 0 heterocycles. The van der Waals surface area contributed by atoms with Crippen LogP contribution in [0.15, 0.2) is 40.9 Å². The molecule has 106 valence electrons.